The Morgan fingerprint density at radius 2 is 2.08 bits per heavy atom. The number of hydroxylamine groups is 1. The van der Waals surface area contributed by atoms with E-state index >= 15 is 0 Å². The van der Waals surface area contributed by atoms with Gasteiger partial charge in [0, 0.05) is 5.92 Å². The van der Waals surface area contributed by atoms with Crippen molar-refractivity contribution in [1.29, 1.82) is 0 Å². The molecule has 4 rings (SSSR count). The summed E-state index contributed by atoms with van der Waals surface area (Å²) in [5.74, 6) is 0.524. The number of nitrogens with one attached hydrogen (secondary N) is 1. The first-order valence-corrected chi connectivity index (χ1v) is 8.53. The average molecular weight is 356 g/mol. The molecule has 1 aromatic carbocycles. The molecule has 1 saturated carbocycles. The van der Waals surface area contributed by atoms with Crippen LogP contribution in [0.15, 0.2) is 46.6 Å². The van der Waals surface area contributed by atoms with Gasteiger partial charge in [-0.05, 0) is 37.3 Å². The van der Waals surface area contributed by atoms with Crippen LogP contribution in [0.5, 0.6) is 0 Å². The number of aliphatic hydroxyl groups excluding tert-OH is 1. The van der Waals surface area contributed by atoms with Gasteiger partial charge in [0.05, 0.1) is 0 Å². The molecular weight excluding hydrogens is 336 g/mol. The smallest absolute Gasteiger partial charge is 0.286 e. The van der Waals surface area contributed by atoms with Crippen LogP contribution in [0.3, 0.4) is 0 Å². The summed E-state index contributed by atoms with van der Waals surface area (Å²) in [6.07, 6.45) is 2.53. The summed E-state index contributed by atoms with van der Waals surface area (Å²) in [7, 11) is 0. The van der Waals surface area contributed by atoms with Crippen molar-refractivity contribution in [3.05, 3.63) is 59.5 Å². The lowest BCUT2D eigenvalue weighted by atomic mass is 9.62. The number of nitrogens with two attached hydrogens (primary N) is 1. The van der Waals surface area contributed by atoms with E-state index in [9.17, 15) is 9.90 Å². The van der Waals surface area contributed by atoms with Gasteiger partial charge in [-0.25, -0.2) is 0 Å². The van der Waals surface area contributed by atoms with Crippen molar-refractivity contribution < 1.29 is 19.2 Å². The van der Waals surface area contributed by atoms with Crippen LogP contribution in [-0.4, -0.2) is 21.2 Å². The van der Waals surface area contributed by atoms with Crippen LogP contribution in [0.2, 0.25) is 0 Å². The molecule has 1 fully saturated rings. The molecule has 26 heavy (non-hydrogen) atoms. The Labute approximate surface area is 150 Å². The summed E-state index contributed by atoms with van der Waals surface area (Å²) in [5.41, 5.74) is 8.76. The molecule has 0 bridgehead atoms. The Morgan fingerprint density at radius 3 is 2.65 bits per heavy atom. The fraction of sp³-hybridized carbons (Fsp3) is 0.389. The normalized spacial score (nSPS) is 28.8. The maximum atomic E-state index is 11.5. The van der Waals surface area contributed by atoms with Crippen LogP contribution in [0.25, 0.3) is 0 Å². The Balaban J connectivity index is 1.58. The SMILES string of the molecule is C[C@@H](O)c1nnc(C2CC([C@@]3(c4ccccc4)C=C(C(N)=O)ON3)C2)o1. The lowest BCUT2D eigenvalue weighted by Gasteiger charge is -2.44. The van der Waals surface area contributed by atoms with Gasteiger partial charge in [0.1, 0.15) is 11.6 Å². The van der Waals surface area contributed by atoms with E-state index in [1.807, 2.05) is 30.3 Å². The second-order valence-corrected chi connectivity index (χ2v) is 6.83. The van der Waals surface area contributed by atoms with Crippen LogP contribution in [-0.2, 0) is 15.2 Å². The van der Waals surface area contributed by atoms with Crippen LogP contribution in [0.4, 0.5) is 0 Å². The average Bonchev–Trinajstić information content (AvgIpc) is 3.23. The van der Waals surface area contributed by atoms with E-state index in [0.29, 0.717) is 5.89 Å². The highest BCUT2D eigenvalue weighted by Crippen LogP contribution is 2.52. The highest BCUT2D eigenvalue weighted by atomic mass is 16.7. The first-order chi connectivity index (χ1) is 12.5. The largest absolute Gasteiger partial charge is 0.422 e. The first-order valence-electron chi connectivity index (χ1n) is 8.53. The lowest BCUT2D eigenvalue weighted by Crippen LogP contribution is -2.48. The first kappa shape index (κ1) is 16.7. The molecule has 2 atom stereocenters. The number of primary amides is 1. The summed E-state index contributed by atoms with van der Waals surface area (Å²) in [6, 6.07) is 9.80. The van der Waals surface area contributed by atoms with Gasteiger partial charge < -0.3 is 20.1 Å². The Hall–Kier alpha value is -2.71. The molecule has 2 aromatic rings. The second kappa shape index (κ2) is 6.22. The van der Waals surface area contributed by atoms with Gasteiger partial charge in [0.25, 0.3) is 5.91 Å². The predicted octanol–water partition coefficient (Wildman–Crippen LogP) is 1.42. The van der Waals surface area contributed by atoms with E-state index < -0.39 is 17.6 Å². The lowest BCUT2D eigenvalue weighted by molar-refractivity contribution is -0.119. The summed E-state index contributed by atoms with van der Waals surface area (Å²) in [5, 5.41) is 17.4. The third kappa shape index (κ3) is 2.67. The van der Waals surface area contributed by atoms with Gasteiger partial charge >= 0.3 is 0 Å². The Kier molecular flexibility index (Phi) is 4.01. The van der Waals surface area contributed by atoms with E-state index in [4.69, 9.17) is 15.0 Å². The highest BCUT2D eigenvalue weighted by Gasteiger charge is 2.51. The zero-order valence-electron chi connectivity index (χ0n) is 14.3. The summed E-state index contributed by atoms with van der Waals surface area (Å²) >= 11 is 0. The summed E-state index contributed by atoms with van der Waals surface area (Å²) < 4.78 is 5.54. The predicted molar refractivity (Wildman–Crippen MR) is 90.0 cm³/mol. The number of rotatable bonds is 5. The van der Waals surface area contributed by atoms with Crippen LogP contribution in [0, 0.1) is 5.92 Å². The van der Waals surface area contributed by atoms with Gasteiger partial charge in [-0.15, -0.1) is 15.7 Å². The Morgan fingerprint density at radius 1 is 1.35 bits per heavy atom. The molecule has 2 heterocycles. The van der Waals surface area contributed by atoms with E-state index in [1.54, 1.807) is 13.0 Å². The van der Waals surface area contributed by atoms with Gasteiger partial charge in [0.2, 0.25) is 17.5 Å². The maximum absolute atomic E-state index is 11.5. The number of benzene rings is 1. The molecule has 0 radical (unpaired) electrons. The number of hydrogen-bond acceptors (Lipinski definition) is 7. The fourth-order valence-corrected chi connectivity index (χ4v) is 3.59. The second-order valence-electron chi connectivity index (χ2n) is 6.83. The number of carbonyl (C=O) groups is 1. The number of aliphatic hydroxyl groups is 1. The number of amides is 1. The fourth-order valence-electron chi connectivity index (χ4n) is 3.59. The van der Waals surface area contributed by atoms with Gasteiger partial charge in [-0.2, -0.15) is 0 Å². The molecule has 0 spiro atoms. The Bertz CT molecular complexity index is 842. The molecule has 1 aromatic heterocycles. The van der Waals surface area contributed by atoms with E-state index in [2.05, 4.69) is 15.7 Å². The van der Waals surface area contributed by atoms with Crippen molar-refractivity contribution in [3.8, 4) is 0 Å². The van der Waals surface area contributed by atoms with Crippen molar-refractivity contribution in [1.82, 2.24) is 15.7 Å². The van der Waals surface area contributed by atoms with Crippen molar-refractivity contribution in [3.63, 3.8) is 0 Å². The minimum Gasteiger partial charge on any atom is -0.422 e. The molecule has 8 nitrogen and oxygen atoms in total. The number of hydrogen-bond donors (Lipinski definition) is 3. The quantitative estimate of drug-likeness (QED) is 0.740. The monoisotopic (exact) mass is 356 g/mol. The molecule has 136 valence electrons. The molecular formula is C18H20N4O4. The van der Waals surface area contributed by atoms with Crippen LogP contribution < -0.4 is 11.2 Å². The standard InChI is InChI=1S/C18H20N4O4/c1-10(23)16-20-21-17(25-16)11-7-13(8-11)18(12-5-3-2-4-6-12)9-14(15(19)24)26-22-18/h2-6,9-11,13,22-23H,7-8H2,1H3,(H2,19,24)/t10-,11?,13?,18+/m1/s1. The highest BCUT2D eigenvalue weighted by molar-refractivity contribution is 5.90. The summed E-state index contributed by atoms with van der Waals surface area (Å²) in [6.45, 7) is 1.58. The molecule has 0 unspecified atom stereocenters. The van der Waals surface area contributed by atoms with E-state index in [1.165, 1.54) is 0 Å². The number of aromatic nitrogens is 2. The van der Waals surface area contributed by atoms with Crippen molar-refractivity contribution in [2.75, 3.05) is 0 Å². The molecule has 1 aliphatic heterocycles. The van der Waals surface area contributed by atoms with E-state index in [-0.39, 0.29) is 23.5 Å². The van der Waals surface area contributed by atoms with Crippen LogP contribution >= 0.6 is 0 Å². The number of carbonyl (C=O) groups excluding carboxylic acids is 1. The third-order valence-electron chi connectivity index (χ3n) is 5.13. The molecule has 4 N–H and O–H groups in total. The van der Waals surface area contributed by atoms with Gasteiger partial charge in [-0.1, -0.05) is 30.3 Å². The maximum Gasteiger partial charge on any atom is 0.286 e. The minimum absolute atomic E-state index is 0.105. The zero-order valence-corrected chi connectivity index (χ0v) is 14.3. The molecule has 1 amide bonds. The molecule has 1 aliphatic carbocycles. The van der Waals surface area contributed by atoms with Crippen molar-refractivity contribution in [2.45, 2.75) is 37.3 Å². The van der Waals surface area contributed by atoms with Crippen LogP contribution in [0.1, 0.15) is 49.1 Å². The number of nitrogens with zero attached hydrogens (tertiary/aromatic N) is 2. The molecule has 0 saturated heterocycles. The minimum atomic E-state index is -0.784. The van der Waals surface area contributed by atoms with Gasteiger partial charge in [-0.3, -0.25) is 4.79 Å². The molecule has 8 heteroatoms. The van der Waals surface area contributed by atoms with Crippen molar-refractivity contribution >= 4 is 5.91 Å². The van der Waals surface area contributed by atoms with Crippen molar-refractivity contribution in [2.24, 2.45) is 11.7 Å². The topological polar surface area (TPSA) is 124 Å². The summed E-state index contributed by atoms with van der Waals surface area (Å²) in [4.78, 5) is 16.9. The van der Waals surface area contributed by atoms with Gasteiger partial charge in [0.15, 0.2) is 0 Å². The van der Waals surface area contributed by atoms with E-state index in [0.717, 1.165) is 18.4 Å². The third-order valence-corrected chi connectivity index (χ3v) is 5.13. The zero-order chi connectivity index (χ0) is 18.3. The molecule has 2 aliphatic rings.